The van der Waals surface area contributed by atoms with Crippen LogP contribution in [0.4, 0.5) is 0 Å². The number of hydrogen-bond acceptors (Lipinski definition) is 7. The van der Waals surface area contributed by atoms with Crippen molar-refractivity contribution >= 4 is 11.8 Å². The number of carbonyl (C=O) groups is 2. The minimum atomic E-state index is -0.655. The molecule has 2 heterocycles. The Morgan fingerprint density at radius 1 is 1.15 bits per heavy atom. The summed E-state index contributed by atoms with van der Waals surface area (Å²) in [6, 6.07) is 2.41. The van der Waals surface area contributed by atoms with Crippen molar-refractivity contribution in [2.45, 2.75) is 39.8 Å². The van der Waals surface area contributed by atoms with Crippen molar-refractivity contribution in [2.75, 3.05) is 6.54 Å². The first kappa shape index (κ1) is 20.5. The molecule has 0 aliphatic rings. The first-order valence-corrected chi connectivity index (χ1v) is 8.86. The first-order valence-electron chi connectivity index (χ1n) is 8.86. The van der Waals surface area contributed by atoms with Gasteiger partial charge in [-0.05, 0) is 24.0 Å². The van der Waals surface area contributed by atoms with Crippen LogP contribution in [0.5, 0.6) is 0 Å². The van der Waals surface area contributed by atoms with E-state index in [1.165, 1.54) is 0 Å². The molecule has 0 aliphatic carbocycles. The Labute approximate surface area is 158 Å². The van der Waals surface area contributed by atoms with Gasteiger partial charge in [0.25, 0.3) is 0 Å². The van der Waals surface area contributed by atoms with Crippen LogP contribution in [0.3, 0.4) is 0 Å². The average Bonchev–Trinajstić information content (AvgIpc) is 3.13. The highest BCUT2D eigenvalue weighted by atomic mass is 16.5. The SMILES string of the molecule is CC(C)C(NC(=O)CNC(=O)[C@@H](N)C(C)C)c1nc(-c2ccncc2)no1. The van der Waals surface area contributed by atoms with E-state index in [2.05, 4.69) is 25.8 Å². The molecule has 4 N–H and O–H groups in total. The number of carbonyl (C=O) groups excluding carboxylic acids is 2. The molecule has 9 nitrogen and oxygen atoms in total. The Kier molecular flexibility index (Phi) is 7.00. The fraction of sp³-hybridized carbons (Fsp3) is 0.500. The molecule has 2 aromatic rings. The zero-order valence-corrected chi connectivity index (χ0v) is 16.0. The van der Waals surface area contributed by atoms with Crippen molar-refractivity contribution in [3.05, 3.63) is 30.4 Å². The lowest BCUT2D eigenvalue weighted by molar-refractivity contribution is -0.127. The highest BCUT2D eigenvalue weighted by molar-refractivity contribution is 5.87. The summed E-state index contributed by atoms with van der Waals surface area (Å²) < 4.78 is 5.34. The largest absolute Gasteiger partial charge is 0.346 e. The number of rotatable bonds is 8. The summed E-state index contributed by atoms with van der Waals surface area (Å²) in [7, 11) is 0. The van der Waals surface area contributed by atoms with Gasteiger partial charge in [-0.15, -0.1) is 0 Å². The van der Waals surface area contributed by atoms with Crippen molar-refractivity contribution in [3.63, 3.8) is 0 Å². The summed E-state index contributed by atoms with van der Waals surface area (Å²) in [6.45, 7) is 7.36. The third-order valence-corrected chi connectivity index (χ3v) is 4.07. The quantitative estimate of drug-likeness (QED) is 0.628. The van der Waals surface area contributed by atoms with Gasteiger partial charge in [-0.25, -0.2) is 0 Å². The molecule has 0 spiro atoms. The number of aromatic nitrogens is 3. The topological polar surface area (TPSA) is 136 Å². The standard InChI is InChI=1S/C18H26N6O3/c1-10(2)14(19)17(26)21-9-13(25)22-15(11(3)4)18-23-16(24-27-18)12-5-7-20-8-6-12/h5-8,10-11,14-15H,9,19H2,1-4H3,(H,21,26)(H,22,25)/t14-,15?/m0/s1. The van der Waals surface area contributed by atoms with Gasteiger partial charge >= 0.3 is 0 Å². The summed E-state index contributed by atoms with van der Waals surface area (Å²) in [5.74, 6) is -0.00524. The monoisotopic (exact) mass is 374 g/mol. The van der Waals surface area contributed by atoms with E-state index in [1.54, 1.807) is 24.5 Å². The zero-order valence-electron chi connectivity index (χ0n) is 16.0. The summed E-state index contributed by atoms with van der Waals surface area (Å²) in [5.41, 5.74) is 6.53. The second kappa shape index (κ2) is 9.22. The van der Waals surface area contributed by atoms with E-state index >= 15 is 0 Å². The summed E-state index contributed by atoms with van der Waals surface area (Å²) >= 11 is 0. The van der Waals surface area contributed by atoms with E-state index in [0.29, 0.717) is 11.7 Å². The molecule has 9 heteroatoms. The first-order chi connectivity index (χ1) is 12.8. The van der Waals surface area contributed by atoms with E-state index in [0.717, 1.165) is 5.56 Å². The van der Waals surface area contributed by atoms with Gasteiger partial charge in [0.1, 0.15) is 6.04 Å². The number of amides is 2. The molecular weight excluding hydrogens is 348 g/mol. The lowest BCUT2D eigenvalue weighted by atomic mass is 10.0. The Bertz CT molecular complexity index is 759. The Morgan fingerprint density at radius 3 is 2.41 bits per heavy atom. The van der Waals surface area contributed by atoms with Crippen molar-refractivity contribution in [2.24, 2.45) is 17.6 Å². The lowest BCUT2D eigenvalue weighted by Gasteiger charge is -2.19. The molecule has 0 aromatic carbocycles. The smallest absolute Gasteiger partial charge is 0.249 e. The molecule has 2 amide bonds. The highest BCUT2D eigenvalue weighted by Gasteiger charge is 2.25. The number of nitrogens with zero attached hydrogens (tertiary/aromatic N) is 3. The number of hydrogen-bond donors (Lipinski definition) is 3. The van der Waals surface area contributed by atoms with Gasteiger partial charge in [0.2, 0.25) is 23.5 Å². The predicted octanol–water partition coefficient (Wildman–Crippen LogP) is 1.04. The second-order valence-corrected chi connectivity index (χ2v) is 6.97. The number of pyridine rings is 1. The molecule has 0 radical (unpaired) electrons. The fourth-order valence-electron chi connectivity index (χ4n) is 2.31. The molecular formula is C18H26N6O3. The van der Waals surface area contributed by atoms with E-state index in [1.807, 2.05) is 27.7 Å². The van der Waals surface area contributed by atoms with Gasteiger partial charge in [0, 0.05) is 18.0 Å². The van der Waals surface area contributed by atoms with E-state index < -0.39 is 12.1 Å². The molecule has 146 valence electrons. The van der Waals surface area contributed by atoms with Crippen LogP contribution in [0, 0.1) is 11.8 Å². The van der Waals surface area contributed by atoms with Crippen LogP contribution in [-0.4, -0.2) is 39.5 Å². The van der Waals surface area contributed by atoms with E-state index in [-0.39, 0.29) is 30.2 Å². The minimum absolute atomic E-state index is 0.00770. The van der Waals surface area contributed by atoms with E-state index in [9.17, 15) is 9.59 Å². The number of nitrogens with one attached hydrogen (secondary N) is 2. The highest BCUT2D eigenvalue weighted by Crippen LogP contribution is 2.23. The van der Waals surface area contributed by atoms with Crippen LogP contribution in [0.25, 0.3) is 11.4 Å². The summed E-state index contributed by atoms with van der Waals surface area (Å²) in [5, 5.41) is 9.32. The molecule has 0 aliphatic heterocycles. The third kappa shape index (κ3) is 5.58. The van der Waals surface area contributed by atoms with Gasteiger partial charge in [0.15, 0.2) is 0 Å². The normalized spacial score (nSPS) is 13.4. The molecule has 2 rings (SSSR count). The Balaban J connectivity index is 2.00. The van der Waals surface area contributed by atoms with Crippen LogP contribution in [-0.2, 0) is 9.59 Å². The fourth-order valence-corrected chi connectivity index (χ4v) is 2.31. The van der Waals surface area contributed by atoms with Gasteiger partial charge < -0.3 is 20.9 Å². The van der Waals surface area contributed by atoms with Crippen LogP contribution >= 0.6 is 0 Å². The Morgan fingerprint density at radius 2 is 1.81 bits per heavy atom. The molecule has 0 saturated carbocycles. The van der Waals surface area contributed by atoms with Gasteiger partial charge in [0.05, 0.1) is 12.6 Å². The second-order valence-electron chi connectivity index (χ2n) is 6.97. The van der Waals surface area contributed by atoms with Gasteiger partial charge in [-0.2, -0.15) is 4.98 Å². The van der Waals surface area contributed by atoms with Crippen LogP contribution in [0.2, 0.25) is 0 Å². The molecule has 2 aromatic heterocycles. The van der Waals surface area contributed by atoms with Crippen LogP contribution in [0.15, 0.2) is 29.0 Å². The Hall–Kier alpha value is -2.81. The van der Waals surface area contributed by atoms with Crippen LogP contribution < -0.4 is 16.4 Å². The van der Waals surface area contributed by atoms with Crippen molar-refractivity contribution in [3.8, 4) is 11.4 Å². The maximum atomic E-state index is 12.2. The van der Waals surface area contributed by atoms with E-state index in [4.69, 9.17) is 10.3 Å². The van der Waals surface area contributed by atoms with Crippen molar-refractivity contribution in [1.29, 1.82) is 0 Å². The summed E-state index contributed by atoms with van der Waals surface area (Å²) in [6.07, 6.45) is 3.27. The molecule has 0 bridgehead atoms. The van der Waals surface area contributed by atoms with Gasteiger partial charge in [-0.1, -0.05) is 32.9 Å². The molecule has 1 unspecified atom stereocenters. The number of nitrogens with two attached hydrogens (primary N) is 1. The van der Waals surface area contributed by atoms with Crippen LogP contribution in [0.1, 0.15) is 39.6 Å². The molecule has 2 atom stereocenters. The predicted molar refractivity (Wildman–Crippen MR) is 99.1 cm³/mol. The molecule has 27 heavy (non-hydrogen) atoms. The third-order valence-electron chi connectivity index (χ3n) is 4.07. The van der Waals surface area contributed by atoms with Crippen molar-refractivity contribution in [1.82, 2.24) is 25.8 Å². The van der Waals surface area contributed by atoms with Crippen molar-refractivity contribution < 1.29 is 14.1 Å². The minimum Gasteiger partial charge on any atom is -0.346 e. The molecule has 0 saturated heterocycles. The maximum Gasteiger partial charge on any atom is 0.249 e. The maximum absolute atomic E-state index is 12.2. The zero-order chi connectivity index (χ0) is 20.0. The lowest BCUT2D eigenvalue weighted by Crippen LogP contribution is -2.47. The van der Waals surface area contributed by atoms with Gasteiger partial charge in [-0.3, -0.25) is 14.6 Å². The average molecular weight is 374 g/mol. The molecule has 0 fully saturated rings. The summed E-state index contributed by atoms with van der Waals surface area (Å²) in [4.78, 5) is 32.4.